The predicted octanol–water partition coefficient (Wildman–Crippen LogP) is -4.61. The normalized spacial score (nSPS) is 11.8. The molecule has 2 heterocycles. The van der Waals surface area contributed by atoms with Crippen LogP contribution in [0.25, 0.3) is 0 Å². The van der Waals surface area contributed by atoms with Crippen LogP contribution >= 0.6 is 11.6 Å². The van der Waals surface area contributed by atoms with Crippen molar-refractivity contribution in [2.75, 3.05) is 78.0 Å². The second-order valence-electron chi connectivity index (χ2n) is 10.6. The van der Waals surface area contributed by atoms with Crippen molar-refractivity contribution in [3.63, 3.8) is 0 Å². The van der Waals surface area contributed by atoms with Gasteiger partial charge < -0.3 is 31.1 Å². The van der Waals surface area contributed by atoms with Crippen molar-refractivity contribution in [1.29, 1.82) is 0 Å². The Balaban J connectivity index is -0.000000208. The van der Waals surface area contributed by atoms with Crippen LogP contribution in [-0.2, 0) is 19.4 Å². The van der Waals surface area contributed by atoms with Crippen LogP contribution in [0.4, 0.5) is 0 Å². The Morgan fingerprint density at radius 3 is 1.25 bits per heavy atom. The molecule has 0 fully saturated rings. The number of carbonyl (C=O) groups is 5. The van der Waals surface area contributed by atoms with Crippen molar-refractivity contribution >= 4 is 41.7 Å². The van der Waals surface area contributed by atoms with E-state index in [9.17, 15) is 19.2 Å². The number of likely N-dealkylation sites (N-methyl/N-ethyl adjacent to an activating group) is 2. The van der Waals surface area contributed by atoms with Crippen molar-refractivity contribution in [1.82, 2.24) is 24.8 Å². The van der Waals surface area contributed by atoms with Crippen molar-refractivity contribution < 1.29 is 153 Å². The number of nitrogens with zero attached hydrogens (tertiary/aromatic N) is 5. The van der Waals surface area contributed by atoms with E-state index in [1.54, 1.807) is 36.4 Å². The third kappa shape index (κ3) is 23.2. The summed E-state index contributed by atoms with van der Waals surface area (Å²) >= 11 is 5.51. The minimum atomic E-state index is -0.657. The molecular formula is C35H59ClK2N8O10. The number of imide groups is 2. The second-order valence-corrected chi connectivity index (χ2v) is 11.0. The molecule has 0 spiro atoms. The molecule has 4 amide bonds. The fourth-order valence-corrected chi connectivity index (χ4v) is 4.88. The molecule has 2 aromatic carbocycles. The fourth-order valence-electron chi connectivity index (χ4n) is 4.64. The van der Waals surface area contributed by atoms with Gasteiger partial charge in [0, 0.05) is 25.5 Å². The van der Waals surface area contributed by atoms with E-state index in [-0.39, 0.29) is 139 Å². The minimum absolute atomic E-state index is 0. The van der Waals surface area contributed by atoms with Gasteiger partial charge in [0.1, 0.15) is 0 Å². The van der Waals surface area contributed by atoms with E-state index >= 15 is 0 Å². The Bertz CT molecular complexity index is 1300. The molecule has 0 aromatic heterocycles. The molecule has 0 bridgehead atoms. The van der Waals surface area contributed by atoms with Gasteiger partial charge in [-0.1, -0.05) is 65.8 Å². The zero-order valence-corrected chi connectivity index (χ0v) is 41.2. The number of halogens is 1. The fraction of sp³-hybridized carbons (Fsp3) is 0.514. The van der Waals surface area contributed by atoms with Crippen molar-refractivity contribution in [2.45, 2.75) is 41.5 Å². The van der Waals surface area contributed by atoms with Crippen LogP contribution in [0.3, 0.4) is 0 Å². The third-order valence-corrected chi connectivity index (χ3v) is 7.98. The SMILES string of the molecule is CCN(CC)CCCl.CCN(CC)CCON.CCN(CC)CCON1C(=O)c2ccccc2C1=O.NN.O=C1c2ccccc2C(=O)N1O.O=CO[O-].[H-].[K+].[K+]. The van der Waals surface area contributed by atoms with Gasteiger partial charge in [-0.2, -0.15) is 0 Å². The van der Waals surface area contributed by atoms with Crippen LogP contribution in [0.5, 0.6) is 0 Å². The summed E-state index contributed by atoms with van der Waals surface area (Å²) in [6, 6.07) is 13.1. The molecule has 0 saturated heterocycles. The number of amides is 4. The van der Waals surface area contributed by atoms with E-state index in [0.717, 1.165) is 63.3 Å². The number of nitrogens with two attached hydrogens (primary N) is 3. The summed E-state index contributed by atoms with van der Waals surface area (Å²) < 4.78 is 0. The van der Waals surface area contributed by atoms with Crippen molar-refractivity contribution in [2.24, 2.45) is 17.6 Å². The van der Waals surface area contributed by atoms with Crippen molar-refractivity contribution in [3.8, 4) is 0 Å². The van der Waals surface area contributed by atoms with Crippen LogP contribution in [-0.4, -0.2) is 138 Å². The van der Waals surface area contributed by atoms with E-state index in [1.165, 1.54) is 12.1 Å². The molecule has 7 N–H and O–H groups in total. The number of fused-ring (bicyclic) bond motifs is 2. The van der Waals surface area contributed by atoms with Crippen LogP contribution in [0.1, 0.15) is 84.4 Å². The van der Waals surface area contributed by atoms with E-state index in [1.807, 2.05) is 0 Å². The van der Waals surface area contributed by atoms with E-state index in [4.69, 9.17) is 37.6 Å². The summed E-state index contributed by atoms with van der Waals surface area (Å²) in [5.41, 5.74) is 1.33. The van der Waals surface area contributed by atoms with Crippen LogP contribution < -0.4 is 126 Å². The van der Waals surface area contributed by atoms with E-state index in [2.05, 4.69) is 77.7 Å². The van der Waals surface area contributed by atoms with Crippen molar-refractivity contribution in [3.05, 3.63) is 70.8 Å². The summed E-state index contributed by atoms with van der Waals surface area (Å²) in [5.74, 6) is 11.5. The van der Waals surface area contributed by atoms with Crippen LogP contribution in [0.2, 0.25) is 0 Å². The van der Waals surface area contributed by atoms with Gasteiger partial charge in [0.25, 0.3) is 30.1 Å². The van der Waals surface area contributed by atoms with Gasteiger partial charge in [0.15, 0.2) is 0 Å². The maximum atomic E-state index is 12.0. The van der Waals surface area contributed by atoms with Gasteiger partial charge in [-0.3, -0.25) is 45.7 Å². The molecular weight excluding hydrogens is 806 g/mol. The molecule has 0 atom stereocenters. The first-order valence-corrected chi connectivity index (χ1v) is 17.9. The molecule has 0 radical (unpaired) electrons. The van der Waals surface area contributed by atoms with Gasteiger partial charge in [0.2, 0.25) is 0 Å². The molecule has 2 aliphatic heterocycles. The monoisotopic (exact) mass is 864 g/mol. The number of rotatable bonds is 16. The molecule has 0 aliphatic carbocycles. The quantitative estimate of drug-likeness (QED) is 0.0181. The number of benzene rings is 2. The first-order chi connectivity index (χ1) is 26.0. The average Bonchev–Trinajstić information content (AvgIpc) is 3.60. The molecule has 0 unspecified atom stereocenters. The van der Waals surface area contributed by atoms with E-state index in [0.29, 0.717) is 30.9 Å². The second kappa shape index (κ2) is 39.8. The molecule has 56 heavy (non-hydrogen) atoms. The number of hydrazine groups is 1. The Labute approximate surface area is 422 Å². The van der Waals surface area contributed by atoms with Crippen LogP contribution in [0, 0.1) is 0 Å². The molecule has 4 rings (SSSR count). The van der Waals surface area contributed by atoms with Gasteiger partial charge in [0.05, 0.1) is 35.5 Å². The Morgan fingerprint density at radius 1 is 0.679 bits per heavy atom. The first kappa shape index (κ1) is 62.0. The Kier molecular flexibility index (Phi) is 44.1. The number of hydrogen-bond donors (Lipinski definition) is 4. The zero-order chi connectivity index (χ0) is 41.5. The van der Waals surface area contributed by atoms with Crippen LogP contribution in [0.15, 0.2) is 48.5 Å². The summed E-state index contributed by atoms with van der Waals surface area (Å²) in [4.78, 5) is 73.8. The molecule has 0 saturated carbocycles. The number of hydroxylamine groups is 4. The summed E-state index contributed by atoms with van der Waals surface area (Å²) in [5, 5.41) is 18.4. The molecule has 2 aromatic rings. The summed E-state index contributed by atoms with van der Waals surface area (Å²) in [7, 11) is 0. The Morgan fingerprint density at radius 2 is 0.982 bits per heavy atom. The van der Waals surface area contributed by atoms with Gasteiger partial charge in [-0.15, -0.1) is 21.7 Å². The largest absolute Gasteiger partial charge is 1.00 e. The molecule has 2 aliphatic rings. The first-order valence-electron chi connectivity index (χ1n) is 17.4. The minimum Gasteiger partial charge on any atom is -1.00 e. The number of carbonyl (C=O) groups excluding carboxylic acids is 5. The summed E-state index contributed by atoms with van der Waals surface area (Å²) in [6.45, 7) is 22.3. The molecule has 18 nitrogen and oxygen atoms in total. The standard InChI is InChI=1S/C14H18N2O3.C8H5NO3.C6H14ClN.C6H16N2O.CH2O3.2K.H4N2.H/c1-3-15(4-2)9-10-19-16-13(17)11-7-5-6-8-12(11)14(16)18;10-7-5-3-1-2-4-6(5)8(11)9(7)12;1-3-8(4-2)6-5-7;1-3-8(4-2)5-6-9-7;2-1-4-3;;;1-2;/h5-8H,3-4,9-10H2,1-2H3;1-4,12H;3-6H2,1-2H3;3-7H2,1-2H3;1,3H;;;1-2H2;/q;;;;;2*+1;;-1/p-1. The molecule has 21 heteroatoms. The smallest absolute Gasteiger partial charge is 1.00 e. The van der Waals surface area contributed by atoms with Gasteiger partial charge in [-0.05, 0) is 63.5 Å². The maximum Gasteiger partial charge on any atom is 1.00 e. The molecule has 308 valence electrons. The predicted molar refractivity (Wildman–Crippen MR) is 202 cm³/mol. The number of hydrogen-bond acceptors (Lipinski definition) is 16. The zero-order valence-electron chi connectivity index (χ0n) is 35.1. The summed E-state index contributed by atoms with van der Waals surface area (Å²) in [6.07, 6.45) is 0. The Hall–Kier alpha value is -0.647. The topological polar surface area (TPSA) is 251 Å². The maximum absolute atomic E-state index is 12.0. The van der Waals surface area contributed by atoms with E-state index < -0.39 is 11.8 Å². The van der Waals surface area contributed by atoms with Gasteiger partial charge in [-0.25, -0.2) is 5.90 Å². The third-order valence-electron chi connectivity index (χ3n) is 7.81. The van der Waals surface area contributed by atoms with Gasteiger partial charge >= 0.3 is 103 Å². The average molecular weight is 866 g/mol. The number of alkyl halides is 1.